The van der Waals surface area contributed by atoms with Crippen molar-refractivity contribution in [2.45, 2.75) is 74.8 Å². The molecule has 0 bridgehead atoms. The lowest BCUT2D eigenvalue weighted by atomic mass is 9.97. The summed E-state index contributed by atoms with van der Waals surface area (Å²) in [6, 6.07) is 8.54. The Balaban J connectivity index is 1.52. The second-order valence-electron chi connectivity index (χ2n) is 10.6. The number of hydrogen-bond donors (Lipinski definition) is 8. The van der Waals surface area contributed by atoms with Gasteiger partial charge in [-0.05, 0) is 54.8 Å². The van der Waals surface area contributed by atoms with E-state index >= 15 is 0 Å². The third-order valence-corrected chi connectivity index (χ3v) is 7.47. The quantitative estimate of drug-likeness (QED) is 0.0862. The van der Waals surface area contributed by atoms with E-state index < -0.39 is 74.0 Å². The average molecular weight is 639 g/mol. The molecule has 0 aromatic heterocycles. The van der Waals surface area contributed by atoms with Crippen LogP contribution in [0.25, 0.3) is 6.08 Å². The van der Waals surface area contributed by atoms with Gasteiger partial charge in [-0.15, -0.1) is 0 Å². The van der Waals surface area contributed by atoms with Gasteiger partial charge in [0.2, 0.25) is 0 Å². The summed E-state index contributed by atoms with van der Waals surface area (Å²) < 4.78 is 33.4. The van der Waals surface area contributed by atoms with Gasteiger partial charge in [0.25, 0.3) is 0 Å². The molecule has 10 atom stereocenters. The summed E-state index contributed by atoms with van der Waals surface area (Å²) in [6.45, 7) is 0.645. The summed E-state index contributed by atoms with van der Waals surface area (Å²) in [4.78, 5) is 12.9. The summed E-state index contributed by atoms with van der Waals surface area (Å²) in [5.41, 5.74) is 1.07. The van der Waals surface area contributed by atoms with Crippen molar-refractivity contribution in [1.29, 1.82) is 0 Å². The van der Waals surface area contributed by atoms with Gasteiger partial charge in [0.05, 0.1) is 26.4 Å². The first-order valence-corrected chi connectivity index (χ1v) is 14.1. The summed E-state index contributed by atoms with van der Waals surface area (Å²) in [5, 5.41) is 81.4. The Bertz CT molecular complexity index is 1320. The van der Waals surface area contributed by atoms with E-state index in [0.29, 0.717) is 11.1 Å². The molecule has 2 heterocycles. The molecule has 45 heavy (non-hydrogen) atoms. The molecule has 4 rings (SSSR count). The number of carbonyl (C=O) groups excluding carboxylic acids is 1. The molecule has 2 aliphatic rings. The SMILES string of the molecule is COc1cc(/C=C\C(=O)O[C@H]2[C@H](O[C@@H]3O[C@@H](C)[C@H](O)[C@@H](O)[C@H]3O)[C@@H](O)[C@H](OCCc3ccc(O)c(O)c3)O[C@@H]2CO)ccc1O. The third kappa shape index (κ3) is 8.21. The minimum Gasteiger partial charge on any atom is -0.504 e. The number of hydrogen-bond acceptors (Lipinski definition) is 15. The number of benzene rings is 2. The number of carbonyl (C=O) groups is 1. The zero-order chi connectivity index (χ0) is 32.8. The number of ether oxygens (including phenoxy) is 6. The van der Waals surface area contributed by atoms with Crippen LogP contribution in [0.4, 0.5) is 0 Å². The summed E-state index contributed by atoms with van der Waals surface area (Å²) in [6.07, 6.45) is -12.3. The molecule has 0 saturated carbocycles. The molecule has 15 nitrogen and oxygen atoms in total. The van der Waals surface area contributed by atoms with Crippen LogP contribution in [0.3, 0.4) is 0 Å². The Hall–Kier alpha value is -3.51. The molecule has 2 aromatic rings. The van der Waals surface area contributed by atoms with Gasteiger partial charge >= 0.3 is 5.97 Å². The summed E-state index contributed by atoms with van der Waals surface area (Å²) in [5.74, 6) is -1.49. The minimum atomic E-state index is -1.76. The average Bonchev–Trinajstić information content (AvgIpc) is 3.02. The highest BCUT2D eigenvalue weighted by Gasteiger charge is 2.52. The summed E-state index contributed by atoms with van der Waals surface area (Å²) >= 11 is 0. The second kappa shape index (κ2) is 15.2. The molecule has 248 valence electrons. The van der Waals surface area contributed by atoms with E-state index in [9.17, 15) is 45.6 Å². The molecular weight excluding hydrogens is 600 g/mol. The molecule has 15 heteroatoms. The van der Waals surface area contributed by atoms with Crippen molar-refractivity contribution in [1.82, 2.24) is 0 Å². The maximum absolute atomic E-state index is 12.9. The van der Waals surface area contributed by atoms with Crippen molar-refractivity contribution < 1.29 is 74.1 Å². The predicted octanol–water partition coefficient (Wildman–Crippen LogP) is -0.713. The van der Waals surface area contributed by atoms with Gasteiger partial charge in [-0.2, -0.15) is 0 Å². The highest BCUT2D eigenvalue weighted by molar-refractivity contribution is 5.87. The molecule has 2 saturated heterocycles. The summed E-state index contributed by atoms with van der Waals surface area (Å²) in [7, 11) is 1.36. The normalized spacial score (nSPS) is 32.0. The van der Waals surface area contributed by atoms with Crippen molar-refractivity contribution in [3.63, 3.8) is 0 Å². The Morgan fingerprint density at radius 1 is 0.867 bits per heavy atom. The Morgan fingerprint density at radius 3 is 2.29 bits per heavy atom. The van der Waals surface area contributed by atoms with Crippen LogP contribution in [0.1, 0.15) is 18.1 Å². The monoisotopic (exact) mass is 638 g/mol. The first kappa shape index (κ1) is 34.4. The van der Waals surface area contributed by atoms with Crippen LogP contribution in [0.5, 0.6) is 23.0 Å². The van der Waals surface area contributed by atoms with Gasteiger partial charge in [0, 0.05) is 6.08 Å². The van der Waals surface area contributed by atoms with Crippen LogP contribution in [-0.2, 0) is 34.9 Å². The molecule has 2 fully saturated rings. The minimum absolute atomic E-state index is 0.0649. The number of methoxy groups -OCH3 is 1. The van der Waals surface area contributed by atoms with Gasteiger partial charge in [-0.1, -0.05) is 12.1 Å². The molecule has 0 radical (unpaired) electrons. The lowest BCUT2D eigenvalue weighted by molar-refractivity contribution is -0.357. The van der Waals surface area contributed by atoms with E-state index in [1.807, 2.05) is 0 Å². The molecule has 0 aliphatic carbocycles. The number of phenols is 3. The Kier molecular flexibility index (Phi) is 11.6. The van der Waals surface area contributed by atoms with Gasteiger partial charge in [-0.25, -0.2) is 4.79 Å². The highest BCUT2D eigenvalue weighted by atomic mass is 16.7. The highest BCUT2D eigenvalue weighted by Crippen LogP contribution is 2.32. The van der Waals surface area contributed by atoms with E-state index in [0.717, 1.165) is 6.08 Å². The van der Waals surface area contributed by atoms with Crippen LogP contribution in [-0.4, -0.2) is 129 Å². The topological polar surface area (TPSA) is 234 Å². The van der Waals surface area contributed by atoms with Gasteiger partial charge in [-0.3, -0.25) is 0 Å². The van der Waals surface area contributed by atoms with Gasteiger partial charge in [0.1, 0.15) is 36.6 Å². The maximum Gasteiger partial charge on any atom is 0.331 e. The van der Waals surface area contributed by atoms with Crippen molar-refractivity contribution in [3.8, 4) is 23.0 Å². The van der Waals surface area contributed by atoms with E-state index in [4.69, 9.17) is 28.4 Å². The van der Waals surface area contributed by atoms with Crippen LogP contribution >= 0.6 is 0 Å². The second-order valence-corrected chi connectivity index (χ2v) is 10.6. The zero-order valence-corrected chi connectivity index (χ0v) is 24.4. The Labute approximate surface area is 258 Å². The van der Waals surface area contributed by atoms with Crippen molar-refractivity contribution in [2.75, 3.05) is 20.3 Å². The number of esters is 1. The first-order valence-electron chi connectivity index (χ1n) is 14.1. The zero-order valence-electron chi connectivity index (χ0n) is 24.4. The molecule has 0 spiro atoms. The third-order valence-electron chi connectivity index (χ3n) is 7.47. The fourth-order valence-electron chi connectivity index (χ4n) is 4.91. The fraction of sp³-hybridized carbons (Fsp3) is 0.500. The van der Waals surface area contributed by atoms with Gasteiger partial charge in [0.15, 0.2) is 41.7 Å². The van der Waals surface area contributed by atoms with Crippen LogP contribution in [0, 0.1) is 0 Å². The number of aliphatic hydroxyl groups is 5. The molecule has 8 N–H and O–H groups in total. The van der Waals surface area contributed by atoms with Crippen LogP contribution in [0.2, 0.25) is 0 Å². The molecular formula is C30H38O15. The van der Waals surface area contributed by atoms with Crippen LogP contribution < -0.4 is 4.74 Å². The predicted molar refractivity (Wildman–Crippen MR) is 152 cm³/mol. The van der Waals surface area contributed by atoms with Crippen molar-refractivity contribution in [3.05, 3.63) is 53.6 Å². The van der Waals surface area contributed by atoms with Crippen molar-refractivity contribution >= 4 is 12.0 Å². The molecule has 2 aliphatic heterocycles. The maximum atomic E-state index is 12.9. The number of aliphatic hydroxyl groups excluding tert-OH is 5. The lowest BCUT2D eigenvalue weighted by Gasteiger charge is -2.46. The standard InChI is InChI=1S/C30H38O15/c1-14-23(36)24(37)25(38)30(42-14)45-28-26(39)29(41-10-9-16-3-6-17(32)19(34)11-16)43-21(13-31)27(28)44-22(35)8-5-15-4-7-18(33)20(12-15)40-2/h3-8,11-12,14,21,23-34,36-39H,9-10,13H2,1-2H3/b8-5-/t14-,21+,23-,24+,25+,26+,27+,28+,29+,30-/m0/s1. The largest absolute Gasteiger partial charge is 0.504 e. The van der Waals surface area contributed by atoms with E-state index in [1.54, 1.807) is 6.07 Å². The van der Waals surface area contributed by atoms with Crippen LogP contribution in [0.15, 0.2) is 42.5 Å². The molecule has 0 amide bonds. The smallest absolute Gasteiger partial charge is 0.331 e. The van der Waals surface area contributed by atoms with Crippen molar-refractivity contribution in [2.24, 2.45) is 0 Å². The fourth-order valence-corrected chi connectivity index (χ4v) is 4.91. The van der Waals surface area contributed by atoms with E-state index in [1.165, 1.54) is 50.4 Å². The van der Waals surface area contributed by atoms with E-state index in [2.05, 4.69) is 0 Å². The molecule has 0 unspecified atom stereocenters. The van der Waals surface area contributed by atoms with Gasteiger partial charge < -0.3 is 69.3 Å². The number of phenolic OH excluding ortho intramolecular Hbond substituents is 3. The Morgan fingerprint density at radius 2 is 1.60 bits per heavy atom. The number of rotatable bonds is 11. The molecule has 2 aromatic carbocycles. The first-order chi connectivity index (χ1) is 21.4. The lowest BCUT2D eigenvalue weighted by Crippen LogP contribution is -2.65. The van der Waals surface area contributed by atoms with E-state index in [-0.39, 0.29) is 36.0 Å². The number of aromatic hydroxyl groups is 3.